The lowest BCUT2D eigenvalue weighted by Crippen LogP contribution is -2.22. The second-order valence-electron chi connectivity index (χ2n) is 4.73. The van der Waals surface area contributed by atoms with Crippen molar-refractivity contribution in [3.63, 3.8) is 0 Å². The highest BCUT2D eigenvalue weighted by molar-refractivity contribution is 6.35. The number of halogens is 2. The van der Waals surface area contributed by atoms with Crippen molar-refractivity contribution in [2.45, 2.75) is 0 Å². The third kappa shape index (κ3) is 3.25. The molecule has 3 aromatic rings. The van der Waals surface area contributed by atoms with Gasteiger partial charge in [-0.1, -0.05) is 41.4 Å². The van der Waals surface area contributed by atoms with Crippen LogP contribution in [-0.4, -0.2) is 9.78 Å². The monoisotopic (exact) mass is 357 g/mol. The van der Waals surface area contributed by atoms with Gasteiger partial charge in [0.2, 0.25) is 5.69 Å². The Morgan fingerprint density at radius 1 is 1.08 bits per heavy atom. The average molecular weight is 358 g/mol. The van der Waals surface area contributed by atoms with E-state index in [0.717, 1.165) is 4.68 Å². The van der Waals surface area contributed by atoms with Gasteiger partial charge in [-0.15, -0.1) is 5.10 Å². The number of hydrogen-bond acceptors (Lipinski definition) is 4. The highest BCUT2D eigenvalue weighted by Crippen LogP contribution is 2.25. The highest BCUT2D eigenvalue weighted by atomic mass is 35.5. The van der Waals surface area contributed by atoms with E-state index < -0.39 is 5.56 Å². The molecule has 0 bridgehead atoms. The molecule has 0 aliphatic carbocycles. The van der Waals surface area contributed by atoms with Gasteiger partial charge in [-0.25, -0.2) is 0 Å². The standard InChI is InChI=1S/C17H9Cl2N3O2/c18-11-6-7-15(13(19)8-11)22-17(23)9-16(14(10-20)21-22)24-12-4-2-1-3-5-12/h1-9H. The summed E-state index contributed by atoms with van der Waals surface area (Å²) in [5.41, 5.74) is -0.192. The molecule has 5 nitrogen and oxygen atoms in total. The van der Waals surface area contributed by atoms with Crippen LogP contribution >= 0.6 is 23.2 Å². The zero-order valence-electron chi connectivity index (χ0n) is 12.1. The van der Waals surface area contributed by atoms with Crippen LogP contribution in [0.5, 0.6) is 11.5 Å². The predicted molar refractivity (Wildman–Crippen MR) is 91.1 cm³/mol. The van der Waals surface area contributed by atoms with Gasteiger partial charge in [-0.2, -0.15) is 9.94 Å². The molecule has 3 rings (SSSR count). The van der Waals surface area contributed by atoms with Crippen molar-refractivity contribution < 1.29 is 4.74 Å². The van der Waals surface area contributed by atoms with Crippen LogP contribution in [-0.2, 0) is 0 Å². The summed E-state index contributed by atoms with van der Waals surface area (Å²) in [6.45, 7) is 0. The van der Waals surface area contributed by atoms with Gasteiger partial charge < -0.3 is 4.74 Å². The number of hydrogen-bond donors (Lipinski definition) is 0. The number of aromatic nitrogens is 2. The Balaban J connectivity index is 2.09. The lowest BCUT2D eigenvalue weighted by Gasteiger charge is -2.10. The Morgan fingerprint density at radius 2 is 1.83 bits per heavy atom. The van der Waals surface area contributed by atoms with Gasteiger partial charge in [-0.05, 0) is 30.3 Å². The third-order valence-electron chi connectivity index (χ3n) is 3.11. The van der Waals surface area contributed by atoms with Crippen LogP contribution in [0.25, 0.3) is 5.69 Å². The molecule has 2 aromatic carbocycles. The molecule has 24 heavy (non-hydrogen) atoms. The van der Waals surface area contributed by atoms with Crippen molar-refractivity contribution in [2.75, 3.05) is 0 Å². The Bertz CT molecular complexity index is 995. The van der Waals surface area contributed by atoms with Gasteiger partial charge in [0.05, 0.1) is 16.8 Å². The van der Waals surface area contributed by atoms with Gasteiger partial charge in [0.15, 0.2) is 5.75 Å². The van der Waals surface area contributed by atoms with E-state index in [2.05, 4.69) is 5.10 Å². The Hall–Kier alpha value is -2.81. The number of para-hydroxylation sites is 1. The van der Waals surface area contributed by atoms with Crippen LogP contribution < -0.4 is 10.3 Å². The molecule has 0 radical (unpaired) electrons. The van der Waals surface area contributed by atoms with E-state index in [1.165, 1.54) is 12.1 Å². The largest absolute Gasteiger partial charge is 0.454 e. The van der Waals surface area contributed by atoms with Gasteiger partial charge in [0.25, 0.3) is 5.56 Å². The molecule has 7 heteroatoms. The van der Waals surface area contributed by atoms with E-state index in [-0.39, 0.29) is 16.5 Å². The molecule has 0 amide bonds. The third-order valence-corrected chi connectivity index (χ3v) is 3.65. The minimum atomic E-state index is -0.482. The topological polar surface area (TPSA) is 67.9 Å². The molecule has 0 unspecified atom stereocenters. The lowest BCUT2D eigenvalue weighted by atomic mass is 10.3. The molecular formula is C17H9Cl2N3O2. The first kappa shape index (κ1) is 16.1. The maximum absolute atomic E-state index is 12.4. The SMILES string of the molecule is N#Cc1nn(-c2ccc(Cl)cc2Cl)c(=O)cc1Oc1ccccc1. The van der Waals surface area contributed by atoms with Crippen molar-refractivity contribution in [3.05, 3.63) is 80.7 Å². The first-order valence-electron chi connectivity index (χ1n) is 6.81. The Morgan fingerprint density at radius 3 is 2.50 bits per heavy atom. The average Bonchev–Trinajstić information content (AvgIpc) is 2.57. The zero-order valence-corrected chi connectivity index (χ0v) is 13.6. The molecule has 0 fully saturated rings. The fraction of sp³-hybridized carbons (Fsp3) is 0. The summed E-state index contributed by atoms with van der Waals surface area (Å²) in [5, 5.41) is 14.0. The van der Waals surface area contributed by atoms with Gasteiger partial charge in [0.1, 0.15) is 11.8 Å². The smallest absolute Gasteiger partial charge is 0.275 e. The second-order valence-corrected chi connectivity index (χ2v) is 5.57. The lowest BCUT2D eigenvalue weighted by molar-refractivity contribution is 0.472. The summed E-state index contributed by atoms with van der Waals surface area (Å²) in [4.78, 5) is 12.4. The summed E-state index contributed by atoms with van der Waals surface area (Å²) in [5.74, 6) is 0.576. The number of rotatable bonds is 3. The van der Waals surface area contributed by atoms with Crippen LogP contribution in [0.1, 0.15) is 5.69 Å². The van der Waals surface area contributed by atoms with Crippen LogP contribution in [0.4, 0.5) is 0 Å². The summed E-state index contributed by atoms with van der Waals surface area (Å²) in [7, 11) is 0. The molecule has 1 aromatic heterocycles. The van der Waals surface area contributed by atoms with E-state index in [4.69, 9.17) is 27.9 Å². The summed E-state index contributed by atoms with van der Waals surface area (Å²) in [6.07, 6.45) is 0. The van der Waals surface area contributed by atoms with E-state index in [0.29, 0.717) is 16.5 Å². The second kappa shape index (κ2) is 6.75. The summed E-state index contributed by atoms with van der Waals surface area (Å²) >= 11 is 12.0. The molecule has 0 saturated carbocycles. The molecule has 0 aliphatic rings. The van der Waals surface area contributed by atoms with Crippen molar-refractivity contribution in [1.82, 2.24) is 9.78 Å². The number of benzene rings is 2. The number of ether oxygens (including phenoxy) is 1. The van der Waals surface area contributed by atoms with E-state index >= 15 is 0 Å². The zero-order chi connectivity index (χ0) is 17.1. The van der Waals surface area contributed by atoms with Crippen molar-refractivity contribution in [1.29, 1.82) is 5.26 Å². The summed E-state index contributed by atoms with van der Waals surface area (Å²) < 4.78 is 6.61. The Kier molecular flexibility index (Phi) is 4.52. The number of nitriles is 1. The van der Waals surface area contributed by atoms with Crippen LogP contribution in [0.15, 0.2) is 59.4 Å². The minimum Gasteiger partial charge on any atom is -0.454 e. The van der Waals surface area contributed by atoms with Crippen LogP contribution in [0, 0.1) is 11.3 Å². The van der Waals surface area contributed by atoms with Gasteiger partial charge in [0, 0.05) is 5.02 Å². The minimum absolute atomic E-state index is 0.0375. The maximum atomic E-state index is 12.4. The predicted octanol–water partition coefficient (Wildman–Crippen LogP) is 4.20. The van der Waals surface area contributed by atoms with Crippen LogP contribution in [0.3, 0.4) is 0 Å². The fourth-order valence-corrected chi connectivity index (χ4v) is 2.53. The summed E-state index contributed by atoms with van der Waals surface area (Å²) in [6, 6.07) is 16.6. The van der Waals surface area contributed by atoms with Gasteiger partial charge in [-0.3, -0.25) is 4.79 Å². The van der Waals surface area contributed by atoms with Crippen molar-refractivity contribution >= 4 is 23.2 Å². The molecule has 0 aliphatic heterocycles. The normalized spacial score (nSPS) is 10.2. The van der Waals surface area contributed by atoms with E-state index in [1.807, 2.05) is 12.1 Å². The molecule has 1 heterocycles. The number of nitrogens with zero attached hydrogens (tertiary/aromatic N) is 3. The first-order chi connectivity index (χ1) is 11.6. The first-order valence-corrected chi connectivity index (χ1v) is 7.57. The van der Waals surface area contributed by atoms with E-state index in [9.17, 15) is 10.1 Å². The quantitative estimate of drug-likeness (QED) is 0.704. The van der Waals surface area contributed by atoms with Crippen LogP contribution in [0.2, 0.25) is 10.0 Å². The molecule has 0 spiro atoms. The van der Waals surface area contributed by atoms with Crippen molar-refractivity contribution in [2.24, 2.45) is 0 Å². The molecule has 118 valence electrons. The highest BCUT2D eigenvalue weighted by Gasteiger charge is 2.14. The van der Waals surface area contributed by atoms with Gasteiger partial charge >= 0.3 is 0 Å². The molecule has 0 N–H and O–H groups in total. The fourth-order valence-electron chi connectivity index (χ4n) is 2.04. The molecule has 0 saturated heterocycles. The van der Waals surface area contributed by atoms with E-state index in [1.54, 1.807) is 36.4 Å². The molecular weight excluding hydrogens is 349 g/mol. The molecule has 0 atom stereocenters. The maximum Gasteiger partial charge on any atom is 0.275 e. The Labute approximate surface area is 147 Å². The van der Waals surface area contributed by atoms with Crippen molar-refractivity contribution in [3.8, 4) is 23.3 Å².